The van der Waals surface area contributed by atoms with Gasteiger partial charge in [-0.1, -0.05) is 24.1 Å². The Morgan fingerprint density at radius 1 is 1.14 bits per heavy atom. The predicted molar refractivity (Wildman–Crippen MR) is 74.7 cm³/mol. The fourth-order valence-corrected chi connectivity index (χ4v) is 3.59. The molecule has 2 fully saturated rings. The van der Waals surface area contributed by atoms with E-state index >= 15 is 0 Å². The van der Waals surface area contributed by atoms with Gasteiger partial charge < -0.3 is 10.1 Å². The van der Waals surface area contributed by atoms with E-state index in [1.165, 1.54) is 18.6 Å². The molecule has 1 aromatic rings. The lowest BCUT2D eigenvalue weighted by Crippen LogP contribution is -2.51. The number of halogens is 4. The number of hydrogen-bond donors (Lipinski definition) is 1. The predicted octanol–water partition coefficient (Wildman–Crippen LogP) is 4.41. The van der Waals surface area contributed by atoms with Crippen LogP contribution in [0.4, 0.5) is 13.2 Å². The monoisotopic (exact) mass is 319 g/mol. The number of fused-ring (bicyclic) bond motifs is 2. The minimum atomic E-state index is -4.46. The molecule has 2 atom stereocenters. The molecular formula is C15H17ClF3NO. The van der Waals surface area contributed by atoms with Gasteiger partial charge in [-0.2, -0.15) is 13.2 Å². The van der Waals surface area contributed by atoms with Gasteiger partial charge in [-0.15, -0.1) is 0 Å². The van der Waals surface area contributed by atoms with Crippen molar-refractivity contribution in [1.82, 2.24) is 5.32 Å². The molecule has 0 amide bonds. The summed E-state index contributed by atoms with van der Waals surface area (Å²) in [7, 11) is 0. The molecule has 2 aliphatic heterocycles. The summed E-state index contributed by atoms with van der Waals surface area (Å²) in [6.45, 7) is 0. The number of ether oxygens (including phenoxy) is 1. The molecule has 3 rings (SSSR count). The molecule has 6 heteroatoms. The Kier molecular flexibility index (Phi) is 4.06. The zero-order valence-electron chi connectivity index (χ0n) is 11.4. The maximum absolute atomic E-state index is 12.8. The summed E-state index contributed by atoms with van der Waals surface area (Å²) >= 11 is 5.87. The minimum Gasteiger partial charge on any atom is -0.489 e. The second-order valence-corrected chi connectivity index (χ2v) is 6.20. The van der Waals surface area contributed by atoms with E-state index in [-0.39, 0.29) is 16.9 Å². The first-order valence-corrected chi connectivity index (χ1v) is 7.59. The molecule has 21 heavy (non-hydrogen) atoms. The Labute approximate surface area is 126 Å². The number of alkyl halides is 3. The number of piperidine rings is 2. The Morgan fingerprint density at radius 2 is 1.81 bits per heavy atom. The van der Waals surface area contributed by atoms with E-state index in [0.717, 1.165) is 31.7 Å². The average Bonchev–Trinajstić information content (AvgIpc) is 2.39. The standard InChI is InChI=1S/C15H17ClF3NO/c16-14-12(15(17,18)19)5-2-6-13(14)21-11-7-9-3-1-4-10(8-11)20-9/h2,5-6,9-11,20H,1,3-4,7-8H2. The van der Waals surface area contributed by atoms with Crippen molar-refractivity contribution < 1.29 is 17.9 Å². The van der Waals surface area contributed by atoms with Crippen molar-refractivity contribution in [2.75, 3.05) is 0 Å². The third-order valence-corrected chi connectivity index (χ3v) is 4.62. The van der Waals surface area contributed by atoms with Crippen molar-refractivity contribution in [1.29, 1.82) is 0 Å². The minimum absolute atomic E-state index is 0.0671. The normalized spacial score (nSPS) is 29.2. The van der Waals surface area contributed by atoms with Crippen LogP contribution in [0.15, 0.2) is 18.2 Å². The summed E-state index contributed by atoms with van der Waals surface area (Å²) in [6.07, 6.45) is 0.536. The molecule has 1 N–H and O–H groups in total. The van der Waals surface area contributed by atoms with E-state index < -0.39 is 11.7 Å². The van der Waals surface area contributed by atoms with Crippen LogP contribution in [-0.4, -0.2) is 18.2 Å². The molecule has 2 saturated heterocycles. The van der Waals surface area contributed by atoms with E-state index in [2.05, 4.69) is 5.32 Å². The molecule has 2 aliphatic rings. The van der Waals surface area contributed by atoms with E-state index in [4.69, 9.17) is 16.3 Å². The quantitative estimate of drug-likeness (QED) is 0.871. The van der Waals surface area contributed by atoms with Gasteiger partial charge >= 0.3 is 6.18 Å². The number of nitrogens with one attached hydrogen (secondary N) is 1. The molecule has 0 saturated carbocycles. The van der Waals surface area contributed by atoms with Crippen LogP contribution in [0.5, 0.6) is 5.75 Å². The van der Waals surface area contributed by atoms with Crippen LogP contribution >= 0.6 is 11.6 Å². The largest absolute Gasteiger partial charge is 0.489 e. The van der Waals surface area contributed by atoms with Gasteiger partial charge in [0.25, 0.3) is 0 Å². The fraction of sp³-hybridized carbons (Fsp3) is 0.600. The van der Waals surface area contributed by atoms with Crippen LogP contribution in [0, 0.1) is 0 Å². The molecule has 2 nitrogen and oxygen atoms in total. The van der Waals surface area contributed by atoms with Gasteiger partial charge in [0.2, 0.25) is 0 Å². The Bertz CT molecular complexity index is 508. The molecule has 0 spiro atoms. The summed E-state index contributed by atoms with van der Waals surface area (Å²) in [5.74, 6) is 0.136. The zero-order chi connectivity index (χ0) is 15.0. The van der Waals surface area contributed by atoms with Crippen LogP contribution in [0.25, 0.3) is 0 Å². The summed E-state index contributed by atoms with van der Waals surface area (Å²) in [5.41, 5.74) is -0.837. The van der Waals surface area contributed by atoms with Gasteiger partial charge in [-0.3, -0.25) is 0 Å². The first-order valence-electron chi connectivity index (χ1n) is 7.22. The molecule has 2 unspecified atom stereocenters. The van der Waals surface area contributed by atoms with Crippen molar-refractivity contribution >= 4 is 11.6 Å². The molecule has 1 aromatic carbocycles. The summed E-state index contributed by atoms with van der Waals surface area (Å²) in [4.78, 5) is 0. The molecule has 0 radical (unpaired) electrons. The molecular weight excluding hydrogens is 303 g/mol. The smallest absolute Gasteiger partial charge is 0.417 e. The first kappa shape index (κ1) is 15.0. The zero-order valence-corrected chi connectivity index (χ0v) is 12.2. The maximum Gasteiger partial charge on any atom is 0.417 e. The van der Waals surface area contributed by atoms with E-state index in [1.807, 2.05) is 0 Å². The Morgan fingerprint density at radius 3 is 2.43 bits per heavy atom. The van der Waals surface area contributed by atoms with Gasteiger partial charge in [0.1, 0.15) is 11.9 Å². The summed E-state index contributed by atoms with van der Waals surface area (Å²) < 4.78 is 44.3. The van der Waals surface area contributed by atoms with Gasteiger partial charge in [-0.25, -0.2) is 0 Å². The lowest BCUT2D eigenvalue weighted by atomic mass is 9.85. The highest BCUT2D eigenvalue weighted by Crippen LogP contribution is 2.40. The summed E-state index contributed by atoms with van der Waals surface area (Å²) in [6, 6.07) is 4.65. The highest BCUT2D eigenvalue weighted by atomic mass is 35.5. The molecule has 2 bridgehead atoms. The molecule has 2 heterocycles. The van der Waals surface area contributed by atoms with Crippen molar-refractivity contribution in [3.8, 4) is 5.75 Å². The second-order valence-electron chi connectivity index (χ2n) is 5.82. The third-order valence-electron chi connectivity index (χ3n) is 4.23. The maximum atomic E-state index is 12.8. The van der Waals surface area contributed by atoms with Gasteiger partial charge in [-0.05, 0) is 37.8 Å². The van der Waals surface area contributed by atoms with Crippen LogP contribution < -0.4 is 10.1 Å². The SMILES string of the molecule is FC(F)(F)c1cccc(OC2CC3CCCC(C2)N3)c1Cl. The topological polar surface area (TPSA) is 21.3 Å². The van der Waals surface area contributed by atoms with Gasteiger partial charge in [0.05, 0.1) is 10.6 Å². The molecule has 0 aromatic heterocycles. The van der Waals surface area contributed by atoms with E-state index in [0.29, 0.717) is 12.1 Å². The highest BCUT2D eigenvalue weighted by molar-refractivity contribution is 6.32. The molecule has 116 valence electrons. The number of benzene rings is 1. The summed E-state index contributed by atoms with van der Waals surface area (Å²) in [5, 5.41) is 3.19. The first-order chi connectivity index (χ1) is 9.93. The number of rotatable bonds is 2. The molecule has 0 aliphatic carbocycles. The van der Waals surface area contributed by atoms with Gasteiger partial charge in [0, 0.05) is 12.1 Å². The van der Waals surface area contributed by atoms with Crippen LogP contribution in [0.2, 0.25) is 5.02 Å². The average molecular weight is 320 g/mol. The van der Waals surface area contributed by atoms with Crippen molar-refractivity contribution in [2.24, 2.45) is 0 Å². The Hall–Kier alpha value is -0.940. The van der Waals surface area contributed by atoms with Gasteiger partial charge in [0.15, 0.2) is 0 Å². The second kappa shape index (κ2) is 5.69. The van der Waals surface area contributed by atoms with Crippen LogP contribution in [0.1, 0.15) is 37.7 Å². The lowest BCUT2D eigenvalue weighted by molar-refractivity contribution is -0.137. The van der Waals surface area contributed by atoms with E-state index in [1.54, 1.807) is 0 Å². The number of hydrogen-bond acceptors (Lipinski definition) is 2. The van der Waals surface area contributed by atoms with Crippen molar-refractivity contribution in [3.63, 3.8) is 0 Å². The van der Waals surface area contributed by atoms with Crippen LogP contribution in [0.3, 0.4) is 0 Å². The van der Waals surface area contributed by atoms with E-state index in [9.17, 15) is 13.2 Å². The van der Waals surface area contributed by atoms with Crippen molar-refractivity contribution in [3.05, 3.63) is 28.8 Å². The lowest BCUT2D eigenvalue weighted by Gasteiger charge is -2.40. The van der Waals surface area contributed by atoms with Crippen LogP contribution in [-0.2, 0) is 6.18 Å². The van der Waals surface area contributed by atoms with Crippen molar-refractivity contribution in [2.45, 2.75) is 56.5 Å². The highest BCUT2D eigenvalue weighted by Gasteiger charge is 2.36. The fourth-order valence-electron chi connectivity index (χ4n) is 3.31. The third kappa shape index (κ3) is 3.29. The Balaban J connectivity index is 1.76.